The fourth-order valence-corrected chi connectivity index (χ4v) is 2.55. The molecule has 0 aliphatic heterocycles. The Hall–Kier alpha value is -3.03. The van der Waals surface area contributed by atoms with E-state index in [0.29, 0.717) is 23.6 Å². The smallest absolute Gasteiger partial charge is 0.280 e. The highest BCUT2D eigenvalue weighted by atomic mass is 19.3. The first kappa shape index (κ1) is 17.8. The van der Waals surface area contributed by atoms with Crippen molar-refractivity contribution in [2.75, 3.05) is 13.7 Å². The highest BCUT2D eigenvalue weighted by Gasteiger charge is 2.21. The molecule has 26 heavy (non-hydrogen) atoms. The van der Waals surface area contributed by atoms with Crippen LogP contribution in [0, 0.1) is 0 Å². The van der Waals surface area contributed by atoms with Gasteiger partial charge in [-0.3, -0.25) is 4.79 Å². The van der Waals surface area contributed by atoms with Crippen molar-refractivity contribution in [1.82, 2.24) is 19.9 Å². The van der Waals surface area contributed by atoms with Gasteiger partial charge < -0.3 is 10.1 Å². The van der Waals surface area contributed by atoms with Gasteiger partial charge in [-0.05, 0) is 36.8 Å². The summed E-state index contributed by atoms with van der Waals surface area (Å²) >= 11 is 0. The lowest BCUT2D eigenvalue weighted by Crippen LogP contribution is -2.24. The van der Waals surface area contributed by atoms with Gasteiger partial charge >= 0.3 is 0 Å². The number of halogens is 2. The quantitative estimate of drug-likeness (QED) is 0.731. The average molecular weight is 360 g/mol. The fourth-order valence-electron chi connectivity index (χ4n) is 2.55. The van der Waals surface area contributed by atoms with Crippen LogP contribution in [0.4, 0.5) is 8.78 Å². The SMILES string of the molecule is CCCNC(=O)c1cnn2c(C(F)F)cc(-c3ccc(OC)cc3)nc12. The zero-order valence-electron chi connectivity index (χ0n) is 14.4. The number of hydrogen-bond acceptors (Lipinski definition) is 4. The van der Waals surface area contributed by atoms with Crippen molar-refractivity contribution >= 4 is 11.6 Å². The molecule has 0 bridgehead atoms. The van der Waals surface area contributed by atoms with E-state index in [1.807, 2.05) is 6.92 Å². The lowest BCUT2D eigenvalue weighted by molar-refractivity contribution is 0.0955. The number of rotatable bonds is 6. The van der Waals surface area contributed by atoms with E-state index in [0.717, 1.165) is 10.9 Å². The molecule has 0 saturated heterocycles. The lowest BCUT2D eigenvalue weighted by Gasteiger charge is -2.09. The van der Waals surface area contributed by atoms with Crippen molar-refractivity contribution in [2.45, 2.75) is 19.8 Å². The number of alkyl halides is 2. The Balaban J connectivity index is 2.13. The first-order valence-corrected chi connectivity index (χ1v) is 8.14. The topological polar surface area (TPSA) is 68.5 Å². The third kappa shape index (κ3) is 3.35. The molecule has 1 aromatic carbocycles. The number of benzene rings is 1. The number of hydrogen-bond donors (Lipinski definition) is 1. The maximum atomic E-state index is 13.5. The van der Waals surface area contributed by atoms with Crippen LogP contribution in [0.15, 0.2) is 36.5 Å². The first-order valence-electron chi connectivity index (χ1n) is 8.14. The third-order valence-corrected chi connectivity index (χ3v) is 3.89. The van der Waals surface area contributed by atoms with Crippen molar-refractivity contribution in [3.63, 3.8) is 0 Å². The molecule has 0 radical (unpaired) electrons. The summed E-state index contributed by atoms with van der Waals surface area (Å²) in [6.45, 7) is 2.40. The van der Waals surface area contributed by atoms with Gasteiger partial charge in [0.05, 0.1) is 19.0 Å². The van der Waals surface area contributed by atoms with Crippen LogP contribution in [-0.2, 0) is 0 Å². The molecule has 0 spiro atoms. The van der Waals surface area contributed by atoms with Gasteiger partial charge in [0.1, 0.15) is 17.0 Å². The van der Waals surface area contributed by atoms with E-state index in [1.165, 1.54) is 12.3 Å². The van der Waals surface area contributed by atoms with Crippen molar-refractivity contribution in [1.29, 1.82) is 0 Å². The second kappa shape index (κ2) is 7.47. The molecule has 2 aromatic heterocycles. The predicted octanol–water partition coefficient (Wildman–Crippen LogP) is 3.48. The molecule has 0 unspecified atom stereocenters. The summed E-state index contributed by atoms with van der Waals surface area (Å²) in [4.78, 5) is 16.7. The standard InChI is InChI=1S/C18H18F2N4O2/c1-3-8-21-18(25)13-10-22-24-15(16(19)20)9-14(23-17(13)24)11-4-6-12(26-2)7-5-11/h4-7,9-10,16H,3,8H2,1-2H3,(H,21,25). The molecule has 8 heteroatoms. The van der Waals surface area contributed by atoms with Crippen LogP contribution in [-0.4, -0.2) is 34.2 Å². The summed E-state index contributed by atoms with van der Waals surface area (Å²) < 4.78 is 33.1. The van der Waals surface area contributed by atoms with Crippen LogP contribution in [0.25, 0.3) is 16.9 Å². The van der Waals surface area contributed by atoms with Gasteiger partial charge in [-0.15, -0.1) is 0 Å². The molecule has 0 fully saturated rings. The minimum absolute atomic E-state index is 0.0993. The molecule has 3 rings (SSSR count). The van der Waals surface area contributed by atoms with Gasteiger partial charge in [-0.1, -0.05) is 6.92 Å². The Bertz CT molecular complexity index is 923. The monoisotopic (exact) mass is 360 g/mol. The Morgan fingerprint density at radius 1 is 1.31 bits per heavy atom. The number of amides is 1. The summed E-state index contributed by atoms with van der Waals surface area (Å²) in [6, 6.07) is 8.16. The number of aromatic nitrogens is 3. The number of carbonyl (C=O) groups is 1. The number of nitrogens with one attached hydrogen (secondary N) is 1. The van der Waals surface area contributed by atoms with E-state index in [-0.39, 0.29) is 22.8 Å². The van der Waals surface area contributed by atoms with Gasteiger partial charge in [0.15, 0.2) is 5.65 Å². The van der Waals surface area contributed by atoms with Crippen LogP contribution in [0.2, 0.25) is 0 Å². The van der Waals surface area contributed by atoms with E-state index < -0.39 is 6.43 Å². The minimum atomic E-state index is -2.76. The van der Waals surface area contributed by atoms with Gasteiger partial charge in [0.2, 0.25) is 0 Å². The lowest BCUT2D eigenvalue weighted by atomic mass is 10.1. The van der Waals surface area contributed by atoms with Crippen molar-refractivity contribution in [3.8, 4) is 17.0 Å². The van der Waals surface area contributed by atoms with E-state index in [9.17, 15) is 13.6 Å². The molecule has 3 aromatic rings. The molecule has 0 saturated carbocycles. The number of fused-ring (bicyclic) bond motifs is 1. The molecule has 2 heterocycles. The zero-order chi connectivity index (χ0) is 18.7. The van der Waals surface area contributed by atoms with Crippen LogP contribution in [0.1, 0.15) is 35.8 Å². The second-order valence-corrected chi connectivity index (χ2v) is 5.65. The second-order valence-electron chi connectivity index (χ2n) is 5.65. The normalized spacial score (nSPS) is 11.1. The molecule has 6 nitrogen and oxygen atoms in total. The van der Waals surface area contributed by atoms with Gasteiger partial charge in [-0.25, -0.2) is 18.3 Å². The molecule has 0 aliphatic rings. The van der Waals surface area contributed by atoms with Crippen molar-refractivity contribution < 1.29 is 18.3 Å². The Kier molecular flexibility index (Phi) is 5.11. The van der Waals surface area contributed by atoms with E-state index >= 15 is 0 Å². The summed E-state index contributed by atoms with van der Waals surface area (Å²) in [5.74, 6) is 0.259. The first-order chi connectivity index (χ1) is 12.5. The predicted molar refractivity (Wildman–Crippen MR) is 92.6 cm³/mol. The highest BCUT2D eigenvalue weighted by Crippen LogP contribution is 2.27. The van der Waals surface area contributed by atoms with Crippen LogP contribution in [0.3, 0.4) is 0 Å². The summed E-state index contributed by atoms with van der Waals surface area (Å²) in [5, 5.41) is 6.64. The summed E-state index contributed by atoms with van der Waals surface area (Å²) in [6.07, 6.45) is -0.738. The van der Waals surface area contributed by atoms with E-state index in [1.54, 1.807) is 31.4 Å². The van der Waals surface area contributed by atoms with Crippen LogP contribution >= 0.6 is 0 Å². The largest absolute Gasteiger partial charge is 0.497 e. The Morgan fingerprint density at radius 3 is 2.65 bits per heavy atom. The van der Waals surface area contributed by atoms with Crippen molar-refractivity contribution in [2.24, 2.45) is 0 Å². The number of ether oxygens (including phenoxy) is 1. The van der Waals surface area contributed by atoms with Gasteiger partial charge in [0.25, 0.3) is 12.3 Å². The molecular weight excluding hydrogens is 342 g/mol. The molecule has 0 atom stereocenters. The average Bonchev–Trinajstić information content (AvgIpc) is 3.09. The van der Waals surface area contributed by atoms with Crippen LogP contribution in [0.5, 0.6) is 5.75 Å². The maximum Gasteiger partial charge on any atom is 0.280 e. The van der Waals surface area contributed by atoms with Crippen molar-refractivity contribution in [3.05, 3.63) is 47.8 Å². The number of methoxy groups -OCH3 is 1. The number of carbonyl (C=O) groups excluding carboxylic acids is 1. The Labute approximate surface area is 148 Å². The van der Waals surface area contributed by atoms with Gasteiger partial charge in [-0.2, -0.15) is 5.10 Å². The molecule has 1 N–H and O–H groups in total. The highest BCUT2D eigenvalue weighted by molar-refractivity contribution is 5.99. The zero-order valence-corrected chi connectivity index (χ0v) is 14.4. The molecule has 0 aliphatic carbocycles. The molecule has 1 amide bonds. The summed E-state index contributed by atoms with van der Waals surface area (Å²) in [5.41, 5.74) is 0.908. The van der Waals surface area contributed by atoms with E-state index in [4.69, 9.17) is 4.74 Å². The molecular formula is C18H18F2N4O2. The fraction of sp³-hybridized carbons (Fsp3) is 0.278. The number of nitrogens with zero attached hydrogens (tertiary/aromatic N) is 3. The van der Waals surface area contributed by atoms with Crippen LogP contribution < -0.4 is 10.1 Å². The Morgan fingerprint density at radius 2 is 2.04 bits per heavy atom. The third-order valence-electron chi connectivity index (χ3n) is 3.89. The minimum Gasteiger partial charge on any atom is -0.497 e. The maximum absolute atomic E-state index is 13.5. The van der Waals surface area contributed by atoms with Gasteiger partial charge in [0, 0.05) is 12.1 Å². The molecule has 136 valence electrons. The summed E-state index contributed by atoms with van der Waals surface area (Å²) in [7, 11) is 1.54. The van der Waals surface area contributed by atoms with E-state index in [2.05, 4.69) is 15.4 Å².